The van der Waals surface area contributed by atoms with E-state index in [9.17, 15) is 9.59 Å². The van der Waals surface area contributed by atoms with Crippen LogP contribution in [0.1, 0.15) is 22.4 Å². The lowest BCUT2D eigenvalue weighted by Gasteiger charge is -2.13. The highest BCUT2D eigenvalue weighted by atomic mass is 16.2. The number of nitrogens with zero attached hydrogens (tertiary/aromatic N) is 2. The fraction of sp³-hybridized carbons (Fsp3) is 0.192. The van der Waals surface area contributed by atoms with E-state index in [0.29, 0.717) is 17.8 Å². The third-order valence-corrected chi connectivity index (χ3v) is 5.60. The van der Waals surface area contributed by atoms with Crippen molar-refractivity contribution in [3.05, 3.63) is 93.5 Å². The van der Waals surface area contributed by atoms with E-state index in [1.807, 2.05) is 75.4 Å². The maximum Gasteiger partial charge on any atom is 0.319 e. The number of hydrogen-bond donors (Lipinski definition) is 2. The Morgan fingerprint density at radius 3 is 2.47 bits per heavy atom. The van der Waals surface area contributed by atoms with Gasteiger partial charge in [-0.15, -0.1) is 0 Å². The van der Waals surface area contributed by atoms with E-state index in [2.05, 4.69) is 15.6 Å². The van der Waals surface area contributed by atoms with Crippen LogP contribution >= 0.6 is 0 Å². The van der Waals surface area contributed by atoms with Gasteiger partial charge in [-0.25, -0.2) is 4.79 Å². The second-order valence-electron chi connectivity index (χ2n) is 8.13. The predicted octanol–water partition coefficient (Wildman–Crippen LogP) is 4.85. The van der Waals surface area contributed by atoms with Crippen molar-refractivity contribution in [3.63, 3.8) is 0 Å². The minimum absolute atomic E-state index is 0.0906. The summed E-state index contributed by atoms with van der Waals surface area (Å²) in [5, 5.41) is 6.63. The number of nitrogens with one attached hydrogen (secondary N) is 2. The van der Waals surface area contributed by atoms with Gasteiger partial charge in [0.2, 0.25) is 0 Å². The highest BCUT2D eigenvalue weighted by Gasteiger charge is 2.13. The Morgan fingerprint density at radius 1 is 0.969 bits per heavy atom. The van der Waals surface area contributed by atoms with Crippen molar-refractivity contribution in [1.29, 1.82) is 0 Å². The number of benzene rings is 2. The SMILES string of the molecule is Cc1ccc(CNC(=O)Nc2ccc(C)c(-c3cc4cnc(C)cc4n(C)c3=O)c2)cc1. The molecule has 2 amide bonds. The first-order chi connectivity index (χ1) is 15.3. The summed E-state index contributed by atoms with van der Waals surface area (Å²) in [6.45, 7) is 6.32. The van der Waals surface area contributed by atoms with Gasteiger partial charge in [0, 0.05) is 42.1 Å². The summed E-state index contributed by atoms with van der Waals surface area (Å²) in [6.07, 6.45) is 1.78. The number of carbonyl (C=O) groups excluding carboxylic acids is 1. The summed E-state index contributed by atoms with van der Waals surface area (Å²) in [5.41, 5.74) is 6.75. The lowest BCUT2D eigenvalue weighted by Crippen LogP contribution is -2.28. The Labute approximate surface area is 186 Å². The molecule has 0 bridgehead atoms. The molecule has 0 saturated heterocycles. The number of aromatic nitrogens is 2. The topological polar surface area (TPSA) is 76.0 Å². The molecule has 0 saturated carbocycles. The molecule has 4 rings (SSSR count). The lowest BCUT2D eigenvalue weighted by atomic mass is 9.99. The molecule has 0 aliphatic carbocycles. The van der Waals surface area contributed by atoms with Gasteiger partial charge in [0.05, 0.1) is 5.52 Å². The summed E-state index contributed by atoms with van der Waals surface area (Å²) >= 11 is 0. The number of amides is 2. The van der Waals surface area contributed by atoms with Crippen molar-refractivity contribution in [2.24, 2.45) is 7.05 Å². The smallest absolute Gasteiger partial charge is 0.319 e. The van der Waals surface area contributed by atoms with E-state index in [-0.39, 0.29) is 11.6 Å². The van der Waals surface area contributed by atoms with E-state index < -0.39 is 0 Å². The fourth-order valence-electron chi connectivity index (χ4n) is 3.71. The van der Waals surface area contributed by atoms with Crippen molar-refractivity contribution in [2.45, 2.75) is 27.3 Å². The summed E-state index contributed by atoms with van der Waals surface area (Å²) in [5.74, 6) is 0. The van der Waals surface area contributed by atoms with Crippen molar-refractivity contribution >= 4 is 22.6 Å². The highest BCUT2D eigenvalue weighted by Crippen LogP contribution is 2.26. The van der Waals surface area contributed by atoms with Gasteiger partial charge >= 0.3 is 6.03 Å². The Kier molecular flexibility index (Phi) is 5.77. The van der Waals surface area contributed by atoms with Crippen molar-refractivity contribution in [2.75, 3.05) is 5.32 Å². The number of rotatable bonds is 4. The molecule has 0 unspecified atom stereocenters. The quantitative estimate of drug-likeness (QED) is 0.490. The van der Waals surface area contributed by atoms with Gasteiger partial charge in [-0.05, 0) is 61.7 Å². The van der Waals surface area contributed by atoms with Gasteiger partial charge in [0.15, 0.2) is 0 Å². The number of pyridine rings is 2. The number of fused-ring (bicyclic) bond motifs is 1. The minimum Gasteiger partial charge on any atom is -0.334 e. The van der Waals surface area contributed by atoms with E-state index in [4.69, 9.17) is 0 Å². The van der Waals surface area contributed by atoms with E-state index in [1.54, 1.807) is 17.8 Å². The molecule has 32 heavy (non-hydrogen) atoms. The van der Waals surface area contributed by atoms with E-state index in [0.717, 1.165) is 33.3 Å². The first-order valence-electron chi connectivity index (χ1n) is 10.5. The molecule has 6 nitrogen and oxygen atoms in total. The molecule has 2 N–H and O–H groups in total. The number of hydrogen-bond acceptors (Lipinski definition) is 3. The first-order valence-corrected chi connectivity index (χ1v) is 10.5. The van der Waals surface area contributed by atoms with Gasteiger partial charge < -0.3 is 15.2 Å². The van der Waals surface area contributed by atoms with Crippen LogP contribution in [0.3, 0.4) is 0 Å². The van der Waals surface area contributed by atoms with Crippen LogP contribution in [0.4, 0.5) is 10.5 Å². The van der Waals surface area contributed by atoms with Crippen LogP contribution in [0.15, 0.2) is 65.6 Å². The van der Waals surface area contributed by atoms with Gasteiger partial charge in [-0.1, -0.05) is 35.9 Å². The van der Waals surface area contributed by atoms with Crippen LogP contribution in [0.25, 0.3) is 22.0 Å². The zero-order valence-electron chi connectivity index (χ0n) is 18.7. The Hall–Kier alpha value is -3.93. The lowest BCUT2D eigenvalue weighted by molar-refractivity contribution is 0.251. The first kappa shape index (κ1) is 21.3. The normalized spacial score (nSPS) is 10.9. The Bertz CT molecular complexity index is 1370. The third-order valence-electron chi connectivity index (χ3n) is 5.60. The molecule has 6 heteroatoms. The molecule has 0 aliphatic rings. The van der Waals surface area contributed by atoms with Crippen molar-refractivity contribution < 1.29 is 4.79 Å². The molecule has 0 spiro atoms. The number of aryl methyl sites for hydroxylation is 4. The van der Waals surface area contributed by atoms with Crippen LogP contribution in [-0.4, -0.2) is 15.6 Å². The second kappa shape index (κ2) is 8.67. The molecular weight excluding hydrogens is 400 g/mol. The van der Waals surface area contributed by atoms with Gasteiger partial charge in [-0.2, -0.15) is 0 Å². The monoisotopic (exact) mass is 426 g/mol. The molecular formula is C26H26N4O2. The van der Waals surface area contributed by atoms with Crippen molar-refractivity contribution in [1.82, 2.24) is 14.9 Å². The standard InChI is InChI=1S/C26H26N4O2/c1-16-5-8-19(9-6-16)14-28-26(32)29-21-10-7-17(2)22(13-21)23-12-20-15-27-18(3)11-24(20)30(4)25(23)31/h5-13,15H,14H2,1-4H3,(H2,28,29,32). The molecule has 2 heterocycles. The molecule has 4 aromatic rings. The summed E-state index contributed by atoms with van der Waals surface area (Å²) < 4.78 is 1.65. The average molecular weight is 427 g/mol. The van der Waals surface area contributed by atoms with Crippen LogP contribution in [-0.2, 0) is 13.6 Å². The van der Waals surface area contributed by atoms with Crippen LogP contribution < -0.4 is 16.2 Å². The molecule has 0 radical (unpaired) electrons. The van der Waals surface area contributed by atoms with Gasteiger partial charge in [-0.3, -0.25) is 9.78 Å². The number of urea groups is 1. The maximum atomic E-state index is 13.1. The van der Waals surface area contributed by atoms with Crippen LogP contribution in [0, 0.1) is 20.8 Å². The zero-order valence-corrected chi connectivity index (χ0v) is 18.7. The molecule has 2 aromatic carbocycles. The zero-order chi connectivity index (χ0) is 22.8. The highest BCUT2D eigenvalue weighted by molar-refractivity contribution is 5.91. The summed E-state index contributed by atoms with van der Waals surface area (Å²) in [4.78, 5) is 29.9. The predicted molar refractivity (Wildman–Crippen MR) is 129 cm³/mol. The number of anilines is 1. The average Bonchev–Trinajstić information content (AvgIpc) is 2.78. The third kappa shape index (κ3) is 4.39. The Balaban J connectivity index is 1.60. The van der Waals surface area contributed by atoms with Crippen molar-refractivity contribution in [3.8, 4) is 11.1 Å². The molecule has 0 aliphatic heterocycles. The molecule has 0 fully saturated rings. The summed E-state index contributed by atoms with van der Waals surface area (Å²) in [6, 6.07) is 17.1. The van der Waals surface area contributed by atoms with Gasteiger partial charge in [0.1, 0.15) is 0 Å². The van der Waals surface area contributed by atoms with E-state index >= 15 is 0 Å². The fourth-order valence-corrected chi connectivity index (χ4v) is 3.71. The minimum atomic E-state index is -0.300. The molecule has 162 valence electrons. The number of carbonyl (C=O) groups is 1. The molecule has 2 aromatic heterocycles. The largest absolute Gasteiger partial charge is 0.334 e. The molecule has 0 atom stereocenters. The van der Waals surface area contributed by atoms with E-state index in [1.165, 1.54) is 5.56 Å². The summed E-state index contributed by atoms with van der Waals surface area (Å²) in [7, 11) is 1.77. The maximum absolute atomic E-state index is 13.1. The Morgan fingerprint density at radius 2 is 1.72 bits per heavy atom. The second-order valence-corrected chi connectivity index (χ2v) is 8.13. The van der Waals surface area contributed by atoms with Crippen LogP contribution in [0.2, 0.25) is 0 Å². The van der Waals surface area contributed by atoms with Gasteiger partial charge in [0.25, 0.3) is 5.56 Å². The van der Waals surface area contributed by atoms with Crippen LogP contribution in [0.5, 0.6) is 0 Å².